The van der Waals surface area contributed by atoms with Crippen LogP contribution in [0.5, 0.6) is 0 Å². The average molecular weight is 254 g/mol. The van der Waals surface area contributed by atoms with E-state index in [1.807, 2.05) is 0 Å². The van der Waals surface area contributed by atoms with Crippen LogP contribution in [0, 0.1) is 5.92 Å². The van der Waals surface area contributed by atoms with Gasteiger partial charge in [-0.2, -0.15) is 5.10 Å². The molecule has 0 unspecified atom stereocenters. The lowest BCUT2D eigenvalue weighted by atomic mass is 10.1. The van der Waals surface area contributed by atoms with Crippen molar-refractivity contribution in [2.24, 2.45) is 5.92 Å². The van der Waals surface area contributed by atoms with Crippen LogP contribution >= 0.6 is 0 Å². The average Bonchev–Trinajstić information content (AvgIpc) is 2.66. The van der Waals surface area contributed by atoms with Gasteiger partial charge in [0.1, 0.15) is 5.82 Å². The summed E-state index contributed by atoms with van der Waals surface area (Å²) in [6.45, 7) is 8.41. The summed E-state index contributed by atoms with van der Waals surface area (Å²) >= 11 is 0. The van der Waals surface area contributed by atoms with Crippen molar-refractivity contribution in [2.75, 3.05) is 19.8 Å². The number of nitrogens with one attached hydrogen (secondary N) is 1. The lowest BCUT2D eigenvalue weighted by molar-refractivity contribution is 0.113. The molecule has 1 aliphatic heterocycles. The van der Waals surface area contributed by atoms with Gasteiger partial charge < -0.3 is 10.1 Å². The molecule has 6 heteroatoms. The normalized spacial score (nSPS) is 15.1. The van der Waals surface area contributed by atoms with E-state index in [0.717, 1.165) is 25.4 Å². The maximum Gasteiger partial charge on any atom is 0.346 e. The minimum absolute atomic E-state index is 0.0149. The van der Waals surface area contributed by atoms with E-state index in [9.17, 15) is 4.79 Å². The molecule has 6 nitrogen and oxygen atoms in total. The standard InChI is InChI=1S/C12H22N4O2/c1-10(2)3-7-18-8-6-16-12(17)15-5-4-13-9-11(15)14-16/h10,13H,3-9H2,1-2H3. The molecule has 0 spiro atoms. The van der Waals surface area contributed by atoms with Crippen LogP contribution in [0.1, 0.15) is 26.1 Å². The van der Waals surface area contributed by atoms with E-state index < -0.39 is 0 Å². The van der Waals surface area contributed by atoms with Crippen molar-refractivity contribution in [3.8, 4) is 0 Å². The Hall–Kier alpha value is -1.14. The second kappa shape index (κ2) is 6.15. The molecule has 0 aliphatic carbocycles. The van der Waals surface area contributed by atoms with Gasteiger partial charge in [0.2, 0.25) is 0 Å². The molecule has 0 radical (unpaired) electrons. The summed E-state index contributed by atoms with van der Waals surface area (Å²) in [4.78, 5) is 12.0. The van der Waals surface area contributed by atoms with E-state index in [-0.39, 0.29) is 5.69 Å². The Morgan fingerprint density at radius 3 is 3.00 bits per heavy atom. The maximum absolute atomic E-state index is 12.0. The molecule has 1 aromatic heterocycles. The number of ether oxygens (including phenoxy) is 1. The summed E-state index contributed by atoms with van der Waals surface area (Å²) in [6, 6.07) is 0. The lowest BCUT2D eigenvalue weighted by Crippen LogP contribution is -2.34. The van der Waals surface area contributed by atoms with Gasteiger partial charge in [-0.25, -0.2) is 9.48 Å². The molecule has 0 saturated heterocycles. The molecule has 0 saturated carbocycles. The molecular formula is C12H22N4O2. The van der Waals surface area contributed by atoms with Gasteiger partial charge in [0.25, 0.3) is 0 Å². The smallest absolute Gasteiger partial charge is 0.346 e. The fourth-order valence-corrected chi connectivity index (χ4v) is 1.95. The minimum atomic E-state index is -0.0149. The maximum atomic E-state index is 12.0. The van der Waals surface area contributed by atoms with Gasteiger partial charge >= 0.3 is 5.69 Å². The third-order valence-corrected chi connectivity index (χ3v) is 3.08. The number of nitrogens with zero attached hydrogens (tertiary/aromatic N) is 3. The molecule has 0 atom stereocenters. The zero-order valence-corrected chi connectivity index (χ0v) is 11.2. The van der Waals surface area contributed by atoms with Gasteiger partial charge in [0.05, 0.1) is 19.7 Å². The summed E-state index contributed by atoms with van der Waals surface area (Å²) in [5.74, 6) is 1.48. The van der Waals surface area contributed by atoms with Crippen LogP contribution in [0.3, 0.4) is 0 Å². The molecule has 1 N–H and O–H groups in total. The number of aromatic nitrogens is 3. The number of fused-ring (bicyclic) bond motifs is 1. The van der Waals surface area contributed by atoms with E-state index in [4.69, 9.17) is 4.74 Å². The van der Waals surface area contributed by atoms with E-state index >= 15 is 0 Å². The monoisotopic (exact) mass is 254 g/mol. The first kappa shape index (κ1) is 13.3. The second-order valence-electron chi connectivity index (χ2n) is 5.05. The lowest BCUT2D eigenvalue weighted by Gasteiger charge is -2.11. The third kappa shape index (κ3) is 3.20. The van der Waals surface area contributed by atoms with Crippen LogP contribution in [-0.4, -0.2) is 34.1 Å². The molecule has 0 amide bonds. The van der Waals surface area contributed by atoms with Crippen LogP contribution < -0.4 is 11.0 Å². The van der Waals surface area contributed by atoms with Crippen LogP contribution in [-0.2, 0) is 24.4 Å². The highest BCUT2D eigenvalue weighted by molar-refractivity contribution is 4.90. The van der Waals surface area contributed by atoms with Crippen molar-refractivity contribution in [3.63, 3.8) is 0 Å². The third-order valence-electron chi connectivity index (χ3n) is 3.08. The van der Waals surface area contributed by atoms with Crippen LogP contribution in [0.4, 0.5) is 0 Å². The van der Waals surface area contributed by atoms with Gasteiger partial charge in [0, 0.05) is 19.7 Å². The topological polar surface area (TPSA) is 61.1 Å². The van der Waals surface area contributed by atoms with Crippen molar-refractivity contribution in [1.29, 1.82) is 0 Å². The van der Waals surface area contributed by atoms with E-state index in [2.05, 4.69) is 24.3 Å². The van der Waals surface area contributed by atoms with Crippen LogP contribution in [0.25, 0.3) is 0 Å². The first-order chi connectivity index (χ1) is 8.68. The highest BCUT2D eigenvalue weighted by Crippen LogP contribution is 2.00. The Morgan fingerprint density at radius 2 is 2.28 bits per heavy atom. The van der Waals surface area contributed by atoms with Gasteiger partial charge in [-0.3, -0.25) is 4.57 Å². The van der Waals surface area contributed by atoms with Gasteiger partial charge in [0.15, 0.2) is 0 Å². The highest BCUT2D eigenvalue weighted by atomic mass is 16.5. The molecule has 1 aromatic rings. The molecular weight excluding hydrogens is 232 g/mol. The summed E-state index contributed by atoms with van der Waals surface area (Å²) in [7, 11) is 0. The Morgan fingerprint density at radius 1 is 1.44 bits per heavy atom. The second-order valence-corrected chi connectivity index (χ2v) is 5.05. The molecule has 0 fully saturated rings. The Labute approximate surface area is 107 Å². The molecule has 2 rings (SSSR count). The molecule has 102 valence electrons. The molecule has 0 aromatic carbocycles. The fourth-order valence-electron chi connectivity index (χ4n) is 1.95. The highest BCUT2D eigenvalue weighted by Gasteiger charge is 2.15. The first-order valence-corrected chi connectivity index (χ1v) is 6.63. The number of rotatable bonds is 6. The van der Waals surface area contributed by atoms with Gasteiger partial charge in [-0.05, 0) is 12.3 Å². The van der Waals surface area contributed by atoms with E-state index in [1.54, 1.807) is 4.57 Å². The van der Waals surface area contributed by atoms with Crippen molar-refractivity contribution < 1.29 is 4.74 Å². The van der Waals surface area contributed by atoms with Crippen molar-refractivity contribution in [3.05, 3.63) is 16.3 Å². The minimum Gasteiger partial charge on any atom is -0.380 e. The van der Waals surface area contributed by atoms with Gasteiger partial charge in [-0.15, -0.1) is 0 Å². The SMILES string of the molecule is CC(C)CCOCCn1nc2n(c1=O)CCNC2. The fraction of sp³-hybridized carbons (Fsp3) is 0.833. The molecule has 1 aliphatic rings. The van der Waals surface area contributed by atoms with Gasteiger partial charge in [-0.1, -0.05) is 13.8 Å². The van der Waals surface area contributed by atoms with Crippen LogP contribution in [0.15, 0.2) is 4.79 Å². The van der Waals surface area contributed by atoms with Crippen molar-refractivity contribution in [2.45, 2.75) is 39.9 Å². The summed E-state index contributed by atoms with van der Waals surface area (Å²) in [5.41, 5.74) is -0.0149. The zero-order valence-electron chi connectivity index (χ0n) is 11.2. The number of hydrogen-bond donors (Lipinski definition) is 1. The summed E-state index contributed by atoms with van der Waals surface area (Å²) < 4.78 is 8.76. The molecule has 18 heavy (non-hydrogen) atoms. The summed E-state index contributed by atoms with van der Waals surface area (Å²) in [6.07, 6.45) is 1.05. The van der Waals surface area contributed by atoms with Crippen molar-refractivity contribution >= 4 is 0 Å². The molecule has 0 bridgehead atoms. The largest absolute Gasteiger partial charge is 0.380 e. The van der Waals surface area contributed by atoms with Crippen LogP contribution in [0.2, 0.25) is 0 Å². The quantitative estimate of drug-likeness (QED) is 0.737. The first-order valence-electron chi connectivity index (χ1n) is 6.63. The van der Waals surface area contributed by atoms with Crippen molar-refractivity contribution in [1.82, 2.24) is 19.7 Å². The zero-order chi connectivity index (χ0) is 13.0. The summed E-state index contributed by atoms with van der Waals surface area (Å²) in [5, 5.41) is 7.51. The number of hydrogen-bond acceptors (Lipinski definition) is 4. The predicted molar refractivity (Wildman–Crippen MR) is 68.5 cm³/mol. The molecule has 2 heterocycles. The predicted octanol–water partition coefficient (Wildman–Crippen LogP) is 0.211. The van der Waals surface area contributed by atoms with E-state index in [1.165, 1.54) is 4.68 Å². The van der Waals surface area contributed by atoms with E-state index in [0.29, 0.717) is 32.2 Å². The Balaban J connectivity index is 1.83. The Bertz CT molecular complexity index is 436. The Kier molecular flexibility index (Phi) is 4.54.